The molecule has 2 aliphatic heterocycles. The van der Waals surface area contributed by atoms with E-state index in [0.29, 0.717) is 31.7 Å². The maximum atomic E-state index is 12.3. The summed E-state index contributed by atoms with van der Waals surface area (Å²) < 4.78 is 32.6. The van der Waals surface area contributed by atoms with Gasteiger partial charge in [0, 0.05) is 25.4 Å². The quantitative estimate of drug-likeness (QED) is 0.881. The zero-order valence-electron chi connectivity index (χ0n) is 11.4. The monoisotopic (exact) mass is 296 g/mol. The van der Waals surface area contributed by atoms with Gasteiger partial charge in [-0.2, -0.15) is 0 Å². The van der Waals surface area contributed by atoms with E-state index in [4.69, 9.17) is 4.74 Å². The van der Waals surface area contributed by atoms with Crippen LogP contribution in [0, 0.1) is 0 Å². The second kappa shape index (κ2) is 5.71. The third kappa shape index (κ3) is 2.97. The first-order valence-corrected chi connectivity index (χ1v) is 8.62. The van der Waals surface area contributed by atoms with Crippen LogP contribution in [0.15, 0.2) is 18.2 Å². The fraction of sp³-hybridized carbons (Fsp3) is 0.571. The molecule has 0 atom stereocenters. The van der Waals surface area contributed by atoms with Gasteiger partial charge in [0.05, 0.1) is 5.25 Å². The summed E-state index contributed by atoms with van der Waals surface area (Å²) in [5, 5.41) is 2.97. The highest BCUT2D eigenvalue weighted by molar-refractivity contribution is 7.93. The number of fused-ring (bicyclic) bond motifs is 1. The first kappa shape index (κ1) is 13.9. The molecule has 1 fully saturated rings. The van der Waals surface area contributed by atoms with Gasteiger partial charge < -0.3 is 10.1 Å². The Morgan fingerprint density at radius 2 is 2.00 bits per heavy atom. The van der Waals surface area contributed by atoms with Crippen LogP contribution in [0.25, 0.3) is 0 Å². The molecule has 2 aliphatic rings. The summed E-state index contributed by atoms with van der Waals surface area (Å²) in [4.78, 5) is 0. The van der Waals surface area contributed by atoms with E-state index in [1.54, 1.807) is 0 Å². The number of nitrogens with one attached hydrogen (secondary N) is 2. The van der Waals surface area contributed by atoms with E-state index in [0.717, 1.165) is 19.5 Å². The minimum absolute atomic E-state index is 0.339. The van der Waals surface area contributed by atoms with Gasteiger partial charge in [-0.3, -0.25) is 4.72 Å². The van der Waals surface area contributed by atoms with Crippen LogP contribution < -0.4 is 10.0 Å². The van der Waals surface area contributed by atoms with Crippen LogP contribution in [0.3, 0.4) is 0 Å². The van der Waals surface area contributed by atoms with Crippen LogP contribution in [-0.4, -0.2) is 33.4 Å². The number of benzene rings is 1. The average molecular weight is 296 g/mol. The molecule has 1 aromatic carbocycles. The molecule has 0 spiro atoms. The Hall–Kier alpha value is -1.11. The van der Waals surface area contributed by atoms with Crippen molar-refractivity contribution in [2.45, 2.75) is 31.1 Å². The number of hydrogen-bond donors (Lipinski definition) is 2. The summed E-state index contributed by atoms with van der Waals surface area (Å²) in [5.74, 6) is 0. The van der Waals surface area contributed by atoms with E-state index in [2.05, 4.69) is 10.0 Å². The second-order valence-corrected chi connectivity index (χ2v) is 7.33. The molecule has 0 unspecified atom stereocenters. The van der Waals surface area contributed by atoms with Crippen molar-refractivity contribution in [2.75, 3.05) is 24.5 Å². The molecular formula is C14H20N2O3S. The van der Waals surface area contributed by atoms with Crippen molar-refractivity contribution in [3.05, 3.63) is 29.3 Å². The van der Waals surface area contributed by atoms with Crippen molar-refractivity contribution in [2.24, 2.45) is 0 Å². The minimum atomic E-state index is -3.31. The van der Waals surface area contributed by atoms with Gasteiger partial charge in [0.15, 0.2) is 0 Å². The highest BCUT2D eigenvalue weighted by Gasteiger charge is 2.27. The third-order valence-corrected chi connectivity index (χ3v) is 5.83. The molecule has 1 saturated heterocycles. The summed E-state index contributed by atoms with van der Waals surface area (Å²) in [6.45, 7) is 2.87. The van der Waals surface area contributed by atoms with Gasteiger partial charge in [-0.05, 0) is 49.1 Å². The Morgan fingerprint density at radius 3 is 2.80 bits per heavy atom. The highest BCUT2D eigenvalue weighted by Crippen LogP contribution is 2.23. The normalized spacial score (nSPS) is 20.4. The van der Waals surface area contributed by atoms with Gasteiger partial charge >= 0.3 is 0 Å². The lowest BCUT2D eigenvalue weighted by atomic mass is 10.0. The molecule has 1 aromatic rings. The Kier molecular flexibility index (Phi) is 3.96. The SMILES string of the molecule is O=S(=O)(Nc1ccc2c(c1)CCNC2)C1CCOCC1. The van der Waals surface area contributed by atoms with E-state index >= 15 is 0 Å². The Bertz CT molecular complexity index is 580. The summed E-state index contributed by atoms with van der Waals surface area (Å²) in [5.41, 5.74) is 3.17. The standard InChI is InChI=1S/C14H20N2O3S/c17-20(18,14-4-7-19-8-5-14)16-13-2-1-12-10-15-6-3-11(12)9-13/h1-2,9,14-16H,3-8,10H2. The molecule has 6 heteroatoms. The van der Waals surface area contributed by atoms with Crippen LogP contribution >= 0.6 is 0 Å². The molecule has 0 radical (unpaired) electrons. The molecule has 0 aliphatic carbocycles. The molecule has 110 valence electrons. The molecule has 2 N–H and O–H groups in total. The second-order valence-electron chi connectivity index (χ2n) is 5.37. The number of sulfonamides is 1. The summed E-state index contributed by atoms with van der Waals surface area (Å²) >= 11 is 0. The number of ether oxygens (including phenoxy) is 1. The zero-order chi connectivity index (χ0) is 14.0. The lowest BCUT2D eigenvalue weighted by molar-refractivity contribution is 0.0984. The van der Waals surface area contributed by atoms with E-state index < -0.39 is 10.0 Å². The lowest BCUT2D eigenvalue weighted by Gasteiger charge is -2.23. The number of anilines is 1. The van der Waals surface area contributed by atoms with Gasteiger partial charge in [-0.25, -0.2) is 8.42 Å². The van der Waals surface area contributed by atoms with Crippen LogP contribution in [-0.2, 0) is 27.7 Å². The molecule has 2 heterocycles. The Morgan fingerprint density at radius 1 is 1.20 bits per heavy atom. The van der Waals surface area contributed by atoms with Crippen molar-refractivity contribution < 1.29 is 13.2 Å². The molecule has 0 saturated carbocycles. The van der Waals surface area contributed by atoms with E-state index in [1.165, 1.54) is 11.1 Å². The van der Waals surface area contributed by atoms with Crippen LogP contribution in [0.4, 0.5) is 5.69 Å². The predicted octanol–water partition coefficient (Wildman–Crippen LogP) is 1.25. The van der Waals surface area contributed by atoms with Crippen molar-refractivity contribution in [3.8, 4) is 0 Å². The fourth-order valence-electron chi connectivity index (χ4n) is 2.77. The van der Waals surface area contributed by atoms with Crippen LogP contribution in [0.2, 0.25) is 0 Å². The van der Waals surface area contributed by atoms with Crippen LogP contribution in [0.1, 0.15) is 24.0 Å². The highest BCUT2D eigenvalue weighted by atomic mass is 32.2. The summed E-state index contributed by atoms with van der Waals surface area (Å²) in [6.07, 6.45) is 2.09. The van der Waals surface area contributed by atoms with Gasteiger partial charge in [-0.1, -0.05) is 6.07 Å². The van der Waals surface area contributed by atoms with Crippen molar-refractivity contribution in [3.63, 3.8) is 0 Å². The Balaban J connectivity index is 1.76. The molecule has 0 aromatic heterocycles. The predicted molar refractivity (Wildman–Crippen MR) is 78.2 cm³/mol. The summed E-state index contributed by atoms with van der Waals surface area (Å²) in [6, 6.07) is 5.82. The van der Waals surface area contributed by atoms with E-state index in [9.17, 15) is 8.42 Å². The zero-order valence-corrected chi connectivity index (χ0v) is 12.2. The minimum Gasteiger partial charge on any atom is -0.381 e. The summed E-state index contributed by atoms with van der Waals surface area (Å²) in [7, 11) is -3.31. The van der Waals surface area contributed by atoms with Crippen molar-refractivity contribution in [1.82, 2.24) is 5.32 Å². The van der Waals surface area contributed by atoms with Gasteiger partial charge in [0.25, 0.3) is 0 Å². The topological polar surface area (TPSA) is 67.4 Å². The molecule has 5 nitrogen and oxygen atoms in total. The molecule has 0 bridgehead atoms. The third-order valence-electron chi connectivity index (χ3n) is 3.96. The lowest BCUT2D eigenvalue weighted by Crippen LogP contribution is -2.33. The first-order valence-electron chi connectivity index (χ1n) is 7.07. The molecule has 0 amide bonds. The van der Waals surface area contributed by atoms with E-state index in [-0.39, 0.29) is 5.25 Å². The maximum absolute atomic E-state index is 12.3. The largest absolute Gasteiger partial charge is 0.381 e. The average Bonchev–Trinajstić information content (AvgIpc) is 2.48. The van der Waals surface area contributed by atoms with E-state index in [1.807, 2.05) is 18.2 Å². The smallest absolute Gasteiger partial charge is 0.235 e. The fourth-order valence-corrected chi connectivity index (χ4v) is 4.21. The number of rotatable bonds is 3. The van der Waals surface area contributed by atoms with Crippen molar-refractivity contribution in [1.29, 1.82) is 0 Å². The van der Waals surface area contributed by atoms with Crippen molar-refractivity contribution >= 4 is 15.7 Å². The first-order chi connectivity index (χ1) is 9.65. The molecular weight excluding hydrogens is 276 g/mol. The van der Waals surface area contributed by atoms with Gasteiger partial charge in [0.1, 0.15) is 0 Å². The van der Waals surface area contributed by atoms with Crippen LogP contribution in [0.5, 0.6) is 0 Å². The number of hydrogen-bond acceptors (Lipinski definition) is 4. The van der Waals surface area contributed by atoms with Gasteiger partial charge in [-0.15, -0.1) is 0 Å². The molecule has 3 rings (SSSR count). The molecule has 20 heavy (non-hydrogen) atoms. The van der Waals surface area contributed by atoms with Gasteiger partial charge in [0.2, 0.25) is 10.0 Å². The Labute approximate surface area is 119 Å². The maximum Gasteiger partial charge on any atom is 0.235 e.